The molecule has 7 nitrogen and oxygen atoms in total. The molecule has 0 aliphatic carbocycles. The van der Waals surface area contributed by atoms with E-state index < -0.39 is 12.1 Å². The van der Waals surface area contributed by atoms with Gasteiger partial charge in [-0.05, 0) is 30.9 Å². The number of hydrogen-bond acceptors (Lipinski definition) is 3. The van der Waals surface area contributed by atoms with E-state index in [9.17, 15) is 9.59 Å². The van der Waals surface area contributed by atoms with Crippen LogP contribution in [0.15, 0.2) is 36.5 Å². The average molecular weight is 369 g/mol. The highest BCUT2D eigenvalue weighted by Crippen LogP contribution is 2.26. The molecule has 2 unspecified atom stereocenters. The van der Waals surface area contributed by atoms with E-state index in [1.807, 2.05) is 28.9 Å². The SMILES string of the molecule is CC(C)CC(C)n1nccc1NC(=O)NC1Cc2ccccc2N(C)C1=O. The van der Waals surface area contributed by atoms with Gasteiger partial charge in [-0.1, -0.05) is 32.0 Å². The Bertz CT molecular complexity index is 829. The maximum Gasteiger partial charge on any atom is 0.321 e. The Labute approximate surface area is 159 Å². The van der Waals surface area contributed by atoms with Gasteiger partial charge >= 0.3 is 6.03 Å². The molecule has 0 bridgehead atoms. The van der Waals surface area contributed by atoms with E-state index >= 15 is 0 Å². The van der Waals surface area contributed by atoms with Crippen LogP contribution < -0.4 is 15.5 Å². The van der Waals surface area contributed by atoms with Crippen LogP contribution in [0, 0.1) is 5.92 Å². The summed E-state index contributed by atoms with van der Waals surface area (Å²) in [6.45, 7) is 6.39. The number of nitrogens with one attached hydrogen (secondary N) is 2. The van der Waals surface area contributed by atoms with E-state index in [1.54, 1.807) is 24.2 Å². The molecule has 1 aliphatic heterocycles. The number of rotatable bonds is 5. The van der Waals surface area contributed by atoms with Crippen LogP contribution >= 0.6 is 0 Å². The molecule has 1 aromatic heterocycles. The molecule has 1 aliphatic rings. The number of fused-ring (bicyclic) bond motifs is 1. The number of para-hydroxylation sites is 1. The van der Waals surface area contributed by atoms with Crippen LogP contribution in [0.25, 0.3) is 0 Å². The third-order valence-electron chi connectivity index (χ3n) is 4.85. The van der Waals surface area contributed by atoms with Crippen LogP contribution in [0.1, 0.15) is 38.8 Å². The number of likely N-dealkylation sites (N-methyl/N-ethyl adjacent to an activating group) is 1. The van der Waals surface area contributed by atoms with E-state index in [0.717, 1.165) is 17.7 Å². The summed E-state index contributed by atoms with van der Waals surface area (Å²) in [4.78, 5) is 26.7. The van der Waals surface area contributed by atoms with Crippen molar-refractivity contribution in [2.75, 3.05) is 17.3 Å². The first-order valence-electron chi connectivity index (χ1n) is 9.33. The van der Waals surface area contributed by atoms with Crippen molar-refractivity contribution < 1.29 is 9.59 Å². The number of urea groups is 1. The minimum absolute atomic E-state index is 0.120. The highest BCUT2D eigenvalue weighted by atomic mass is 16.2. The normalized spacial score (nSPS) is 17.6. The predicted molar refractivity (Wildman–Crippen MR) is 106 cm³/mol. The molecular weight excluding hydrogens is 342 g/mol. The lowest BCUT2D eigenvalue weighted by atomic mass is 9.98. The van der Waals surface area contributed by atoms with Gasteiger partial charge in [-0.15, -0.1) is 0 Å². The quantitative estimate of drug-likeness (QED) is 0.849. The molecule has 3 rings (SSSR count). The van der Waals surface area contributed by atoms with Crippen LogP contribution in [0.5, 0.6) is 0 Å². The van der Waals surface area contributed by atoms with Gasteiger partial charge in [-0.3, -0.25) is 10.1 Å². The second kappa shape index (κ2) is 7.82. The Morgan fingerprint density at radius 1 is 1.26 bits per heavy atom. The summed E-state index contributed by atoms with van der Waals surface area (Å²) in [7, 11) is 1.73. The molecule has 0 spiro atoms. The lowest BCUT2D eigenvalue weighted by Crippen LogP contribution is -2.52. The molecule has 0 saturated heterocycles. The molecule has 2 aromatic rings. The van der Waals surface area contributed by atoms with Crippen LogP contribution in [0.3, 0.4) is 0 Å². The van der Waals surface area contributed by atoms with Crippen LogP contribution in [0.2, 0.25) is 0 Å². The fourth-order valence-electron chi connectivity index (χ4n) is 3.64. The second-order valence-electron chi connectivity index (χ2n) is 7.52. The van der Waals surface area contributed by atoms with Gasteiger partial charge in [0.1, 0.15) is 11.9 Å². The lowest BCUT2D eigenvalue weighted by Gasteiger charge is -2.31. The first-order valence-corrected chi connectivity index (χ1v) is 9.33. The molecule has 3 amide bonds. The standard InChI is InChI=1S/C20H27N5O2/c1-13(2)11-14(3)25-18(9-10-21-25)23-20(27)22-16-12-15-7-5-6-8-17(15)24(4)19(16)26/h5-10,13-14,16H,11-12H2,1-4H3,(H2,22,23,27). The summed E-state index contributed by atoms with van der Waals surface area (Å²) in [5, 5.41) is 9.96. The molecule has 2 heterocycles. The number of benzene rings is 1. The van der Waals surface area contributed by atoms with Gasteiger partial charge in [0.2, 0.25) is 5.91 Å². The topological polar surface area (TPSA) is 79.3 Å². The van der Waals surface area contributed by atoms with Crippen molar-refractivity contribution >= 4 is 23.4 Å². The predicted octanol–water partition coefficient (Wildman–Crippen LogP) is 3.20. The monoisotopic (exact) mass is 369 g/mol. The van der Waals surface area contributed by atoms with Crippen molar-refractivity contribution in [1.29, 1.82) is 0 Å². The van der Waals surface area contributed by atoms with Crippen molar-refractivity contribution in [1.82, 2.24) is 15.1 Å². The van der Waals surface area contributed by atoms with Crippen LogP contribution in [0.4, 0.5) is 16.3 Å². The minimum Gasteiger partial charge on any atom is -0.326 e. The summed E-state index contributed by atoms with van der Waals surface area (Å²) >= 11 is 0. The Hall–Kier alpha value is -2.83. The first-order chi connectivity index (χ1) is 12.9. The number of anilines is 2. The molecule has 2 atom stereocenters. The van der Waals surface area contributed by atoms with Gasteiger partial charge in [0, 0.05) is 25.2 Å². The fourth-order valence-corrected chi connectivity index (χ4v) is 3.64. The average Bonchev–Trinajstić information content (AvgIpc) is 3.07. The van der Waals surface area contributed by atoms with Crippen molar-refractivity contribution in [2.45, 2.75) is 45.7 Å². The highest BCUT2D eigenvalue weighted by Gasteiger charge is 2.31. The number of carbonyl (C=O) groups excluding carboxylic acids is 2. The van der Waals surface area contributed by atoms with Gasteiger partial charge < -0.3 is 10.2 Å². The van der Waals surface area contributed by atoms with E-state index in [4.69, 9.17) is 0 Å². The number of aromatic nitrogens is 2. The zero-order chi connectivity index (χ0) is 19.6. The van der Waals surface area contributed by atoms with Gasteiger partial charge in [0.05, 0.1) is 12.2 Å². The lowest BCUT2D eigenvalue weighted by molar-refractivity contribution is -0.120. The number of nitrogens with zero attached hydrogens (tertiary/aromatic N) is 3. The van der Waals surface area contributed by atoms with Crippen LogP contribution in [-0.4, -0.2) is 34.8 Å². The largest absolute Gasteiger partial charge is 0.326 e. The van der Waals surface area contributed by atoms with E-state index in [0.29, 0.717) is 18.2 Å². The Morgan fingerprint density at radius 2 is 2.00 bits per heavy atom. The molecule has 7 heteroatoms. The van der Waals surface area contributed by atoms with E-state index in [-0.39, 0.29) is 11.9 Å². The molecule has 0 radical (unpaired) electrons. The van der Waals surface area contributed by atoms with E-state index in [2.05, 4.69) is 36.5 Å². The summed E-state index contributed by atoms with van der Waals surface area (Å²) in [5.74, 6) is 1.03. The Kier molecular flexibility index (Phi) is 5.48. The summed E-state index contributed by atoms with van der Waals surface area (Å²) in [6.07, 6.45) is 3.11. The van der Waals surface area contributed by atoms with Gasteiger partial charge in [-0.25, -0.2) is 9.48 Å². The van der Waals surface area contributed by atoms with Crippen molar-refractivity contribution in [3.05, 3.63) is 42.1 Å². The number of amides is 3. The van der Waals surface area contributed by atoms with Crippen molar-refractivity contribution in [3.8, 4) is 0 Å². The fraction of sp³-hybridized carbons (Fsp3) is 0.450. The maximum absolute atomic E-state index is 12.6. The molecular formula is C20H27N5O2. The molecule has 27 heavy (non-hydrogen) atoms. The third kappa shape index (κ3) is 4.13. The summed E-state index contributed by atoms with van der Waals surface area (Å²) < 4.78 is 1.81. The Morgan fingerprint density at radius 3 is 2.74 bits per heavy atom. The van der Waals surface area contributed by atoms with Gasteiger partial charge in [0.25, 0.3) is 0 Å². The second-order valence-corrected chi connectivity index (χ2v) is 7.52. The zero-order valence-electron chi connectivity index (χ0n) is 16.3. The van der Waals surface area contributed by atoms with Crippen molar-refractivity contribution in [3.63, 3.8) is 0 Å². The molecule has 1 aromatic carbocycles. The Balaban J connectivity index is 1.67. The summed E-state index contributed by atoms with van der Waals surface area (Å²) in [5.41, 5.74) is 1.93. The minimum atomic E-state index is -0.589. The molecule has 0 fully saturated rings. The highest BCUT2D eigenvalue weighted by molar-refractivity contribution is 6.02. The van der Waals surface area contributed by atoms with Gasteiger partial charge in [-0.2, -0.15) is 5.10 Å². The third-order valence-corrected chi connectivity index (χ3v) is 4.85. The zero-order valence-corrected chi connectivity index (χ0v) is 16.3. The molecule has 2 N–H and O–H groups in total. The maximum atomic E-state index is 12.6. The molecule has 0 saturated carbocycles. The number of carbonyl (C=O) groups is 2. The van der Waals surface area contributed by atoms with Crippen LogP contribution in [-0.2, 0) is 11.2 Å². The van der Waals surface area contributed by atoms with Crippen molar-refractivity contribution in [2.24, 2.45) is 5.92 Å². The molecule has 144 valence electrons. The summed E-state index contributed by atoms with van der Waals surface area (Å²) in [6, 6.07) is 8.68. The number of hydrogen-bond donors (Lipinski definition) is 2. The van der Waals surface area contributed by atoms with E-state index in [1.165, 1.54) is 0 Å². The van der Waals surface area contributed by atoms with Gasteiger partial charge in [0.15, 0.2) is 0 Å². The first kappa shape index (κ1) is 18.9. The smallest absolute Gasteiger partial charge is 0.321 e.